The van der Waals surface area contributed by atoms with Crippen molar-refractivity contribution in [2.45, 2.75) is 50.5 Å². The summed E-state index contributed by atoms with van der Waals surface area (Å²) in [5, 5.41) is -0.137. The Hall–Kier alpha value is -3.03. The predicted molar refractivity (Wildman–Crippen MR) is 128 cm³/mol. The number of rotatable bonds is 7. The lowest BCUT2D eigenvalue weighted by Crippen LogP contribution is -2.32. The van der Waals surface area contributed by atoms with Gasteiger partial charge in [0.25, 0.3) is 0 Å². The van der Waals surface area contributed by atoms with Crippen molar-refractivity contribution in [2.24, 2.45) is 0 Å². The number of hydrogen-bond acceptors (Lipinski definition) is 6. The molecule has 172 valence electrons. The van der Waals surface area contributed by atoms with E-state index < -0.39 is 0 Å². The van der Waals surface area contributed by atoms with Gasteiger partial charge in [0.2, 0.25) is 0 Å². The maximum Gasteiger partial charge on any atom is 0.195 e. The van der Waals surface area contributed by atoms with E-state index in [1.165, 1.54) is 13.0 Å². The van der Waals surface area contributed by atoms with Gasteiger partial charge in [0.15, 0.2) is 10.5 Å². The molecule has 0 spiro atoms. The molecule has 1 saturated heterocycles. The van der Waals surface area contributed by atoms with Gasteiger partial charge in [-0.3, -0.25) is 9.59 Å². The van der Waals surface area contributed by atoms with Crippen LogP contribution in [0, 0.1) is 13.8 Å². The molecule has 3 aromatic rings. The van der Waals surface area contributed by atoms with Crippen LogP contribution in [0.3, 0.4) is 0 Å². The number of aromatic nitrogens is 1. The Morgan fingerprint density at radius 1 is 1.03 bits per heavy atom. The van der Waals surface area contributed by atoms with Gasteiger partial charge in [0.1, 0.15) is 36.5 Å². The molecule has 0 saturated carbocycles. The molecule has 0 aliphatic carbocycles. The summed E-state index contributed by atoms with van der Waals surface area (Å²) in [4.78, 5) is 24.0. The average molecular weight is 466 g/mol. The van der Waals surface area contributed by atoms with E-state index in [0.717, 1.165) is 34.4 Å². The third-order valence-corrected chi connectivity index (χ3v) is 6.23. The van der Waals surface area contributed by atoms with Crippen LogP contribution in [0.1, 0.15) is 30.7 Å². The molecule has 0 N–H and O–H groups in total. The molecule has 1 aliphatic heterocycles. The normalized spacial score (nSPS) is 19.9. The summed E-state index contributed by atoms with van der Waals surface area (Å²) in [6, 6.07) is 17.2. The highest BCUT2D eigenvalue weighted by Crippen LogP contribution is 2.33. The van der Waals surface area contributed by atoms with Crippen molar-refractivity contribution in [3.8, 4) is 11.5 Å². The first kappa shape index (κ1) is 23.1. The lowest BCUT2D eigenvalue weighted by Gasteiger charge is -2.20. The van der Waals surface area contributed by atoms with Gasteiger partial charge in [-0.25, -0.2) is 0 Å². The molecule has 0 amide bonds. The SMILES string of the molecule is CC(=O)Sc1cn([C@H]2C[C@H](Oc3ccc(C)cc3)[C@@H](COc3ccc(C)cc3)O2)ccc1=O. The molecule has 1 aliphatic rings. The van der Waals surface area contributed by atoms with Gasteiger partial charge in [-0.15, -0.1) is 0 Å². The number of aryl methyl sites for hydroxylation is 2. The van der Waals surface area contributed by atoms with Crippen LogP contribution in [-0.4, -0.2) is 28.5 Å². The maximum absolute atomic E-state index is 12.1. The summed E-state index contributed by atoms with van der Waals surface area (Å²) in [6.07, 6.45) is 3.02. The molecular weight excluding hydrogens is 438 g/mol. The number of hydrogen-bond donors (Lipinski definition) is 0. The van der Waals surface area contributed by atoms with E-state index in [2.05, 4.69) is 0 Å². The molecule has 33 heavy (non-hydrogen) atoms. The minimum Gasteiger partial charge on any atom is -0.491 e. The van der Waals surface area contributed by atoms with Gasteiger partial charge < -0.3 is 18.8 Å². The van der Waals surface area contributed by atoms with Gasteiger partial charge in [0, 0.05) is 31.8 Å². The largest absolute Gasteiger partial charge is 0.491 e. The molecule has 0 radical (unpaired) electrons. The van der Waals surface area contributed by atoms with Crippen molar-refractivity contribution in [2.75, 3.05) is 6.61 Å². The van der Waals surface area contributed by atoms with E-state index in [9.17, 15) is 9.59 Å². The highest BCUT2D eigenvalue weighted by molar-refractivity contribution is 8.13. The van der Waals surface area contributed by atoms with Crippen LogP contribution < -0.4 is 14.9 Å². The summed E-state index contributed by atoms with van der Waals surface area (Å²) in [5.74, 6) is 1.54. The quantitative estimate of drug-likeness (QED) is 0.462. The van der Waals surface area contributed by atoms with Crippen molar-refractivity contribution >= 4 is 16.9 Å². The molecule has 6 nitrogen and oxygen atoms in total. The monoisotopic (exact) mass is 465 g/mol. The van der Waals surface area contributed by atoms with E-state index in [-0.39, 0.29) is 29.0 Å². The second-order valence-electron chi connectivity index (χ2n) is 8.17. The van der Waals surface area contributed by atoms with Crippen molar-refractivity contribution in [1.82, 2.24) is 4.57 Å². The molecular formula is C26H27NO5S. The Morgan fingerprint density at radius 2 is 1.67 bits per heavy atom. The fourth-order valence-electron chi connectivity index (χ4n) is 3.65. The van der Waals surface area contributed by atoms with E-state index in [0.29, 0.717) is 17.9 Å². The first-order valence-electron chi connectivity index (χ1n) is 10.9. The Bertz CT molecular complexity index is 1160. The minimum absolute atomic E-state index is 0.137. The van der Waals surface area contributed by atoms with Crippen molar-refractivity contribution < 1.29 is 19.0 Å². The molecule has 1 aromatic heterocycles. The van der Waals surface area contributed by atoms with E-state index in [4.69, 9.17) is 14.2 Å². The zero-order valence-corrected chi connectivity index (χ0v) is 19.7. The van der Waals surface area contributed by atoms with Crippen molar-refractivity contribution in [3.63, 3.8) is 0 Å². The fourth-order valence-corrected chi connectivity index (χ4v) is 4.30. The molecule has 0 bridgehead atoms. The number of thioether (sulfide) groups is 1. The second kappa shape index (κ2) is 10.3. The number of ether oxygens (including phenoxy) is 3. The molecule has 2 heterocycles. The van der Waals surface area contributed by atoms with E-state index in [1.807, 2.05) is 66.9 Å². The summed E-state index contributed by atoms with van der Waals surface area (Å²) >= 11 is 0.928. The highest BCUT2D eigenvalue weighted by atomic mass is 32.2. The van der Waals surface area contributed by atoms with Crippen LogP contribution in [0.5, 0.6) is 11.5 Å². The summed E-state index contributed by atoms with van der Waals surface area (Å²) < 4.78 is 20.4. The minimum atomic E-state index is -0.348. The summed E-state index contributed by atoms with van der Waals surface area (Å²) in [5.41, 5.74) is 2.14. The third-order valence-electron chi connectivity index (χ3n) is 5.42. The standard InChI is InChI=1S/C26H27NO5S/c1-17-4-8-20(9-5-17)30-16-24-23(31-21-10-6-18(2)7-11-21)14-26(32-24)27-13-12-22(29)25(15-27)33-19(3)28/h4-13,15,23-24,26H,14,16H2,1-3H3/t23-,24+,26+/m0/s1. The maximum atomic E-state index is 12.1. The van der Waals surface area contributed by atoms with Gasteiger partial charge in [-0.05, 0) is 49.9 Å². The van der Waals surface area contributed by atoms with E-state index >= 15 is 0 Å². The van der Waals surface area contributed by atoms with Crippen molar-refractivity contribution in [1.29, 1.82) is 0 Å². The first-order chi connectivity index (χ1) is 15.9. The smallest absolute Gasteiger partial charge is 0.195 e. The Morgan fingerprint density at radius 3 is 2.30 bits per heavy atom. The van der Waals surface area contributed by atoms with Gasteiger partial charge in [0.05, 0.1) is 4.90 Å². The van der Waals surface area contributed by atoms with Crippen molar-refractivity contribution in [3.05, 3.63) is 88.3 Å². The second-order valence-corrected chi connectivity index (χ2v) is 9.39. The lowest BCUT2D eigenvalue weighted by molar-refractivity contribution is -0.109. The van der Waals surface area contributed by atoms with Crippen LogP contribution in [0.2, 0.25) is 0 Å². The van der Waals surface area contributed by atoms with Crippen LogP contribution in [0.4, 0.5) is 0 Å². The number of carbonyl (C=O) groups excluding carboxylic acids is 1. The molecule has 1 fully saturated rings. The van der Waals surface area contributed by atoms with Crippen LogP contribution >= 0.6 is 11.8 Å². The molecule has 2 aromatic carbocycles. The van der Waals surface area contributed by atoms with Gasteiger partial charge in [-0.1, -0.05) is 35.4 Å². The molecule has 0 unspecified atom stereocenters. The zero-order chi connectivity index (χ0) is 23.4. The Balaban J connectivity index is 1.53. The predicted octanol–water partition coefficient (Wildman–Crippen LogP) is 4.92. The van der Waals surface area contributed by atoms with E-state index in [1.54, 1.807) is 12.4 Å². The van der Waals surface area contributed by atoms with Gasteiger partial charge >= 0.3 is 0 Å². The fraction of sp³-hybridized carbons (Fsp3) is 0.308. The molecule has 4 rings (SSSR count). The van der Waals surface area contributed by atoms with Crippen LogP contribution in [0.25, 0.3) is 0 Å². The number of benzene rings is 2. The Kier molecular flexibility index (Phi) is 7.20. The number of carbonyl (C=O) groups is 1. The first-order valence-corrected chi connectivity index (χ1v) is 11.7. The van der Waals surface area contributed by atoms with Crippen LogP contribution in [0.15, 0.2) is 76.7 Å². The van der Waals surface area contributed by atoms with Crippen LogP contribution in [-0.2, 0) is 9.53 Å². The summed E-state index contributed by atoms with van der Waals surface area (Å²) in [7, 11) is 0. The zero-order valence-electron chi connectivity index (χ0n) is 18.9. The average Bonchev–Trinajstić information content (AvgIpc) is 3.19. The lowest BCUT2D eigenvalue weighted by atomic mass is 10.1. The Labute approximate surface area is 197 Å². The molecule has 3 atom stereocenters. The third kappa shape index (κ3) is 6.06. The topological polar surface area (TPSA) is 66.8 Å². The molecule has 7 heteroatoms. The number of nitrogens with zero attached hydrogens (tertiary/aromatic N) is 1. The highest BCUT2D eigenvalue weighted by Gasteiger charge is 2.38. The van der Waals surface area contributed by atoms with Gasteiger partial charge in [-0.2, -0.15) is 0 Å². The number of pyridine rings is 1. The summed E-state index contributed by atoms with van der Waals surface area (Å²) in [6.45, 7) is 5.83.